The Morgan fingerprint density at radius 2 is 2.17 bits per heavy atom. The van der Waals surface area contributed by atoms with Gasteiger partial charge >= 0.3 is 6.18 Å². The van der Waals surface area contributed by atoms with E-state index in [1.165, 1.54) is 12.3 Å². The molecule has 1 aromatic rings. The smallest absolute Gasteiger partial charge is 0.384 e. The van der Waals surface area contributed by atoms with Crippen LogP contribution in [0.3, 0.4) is 0 Å². The van der Waals surface area contributed by atoms with Gasteiger partial charge in [-0.3, -0.25) is 0 Å². The average Bonchev–Trinajstić information content (AvgIpc) is 2.74. The molecular formula is C15H17ClF3N3O. The van der Waals surface area contributed by atoms with Gasteiger partial charge in [0.25, 0.3) is 0 Å². The minimum atomic E-state index is -4.64. The van der Waals surface area contributed by atoms with E-state index in [2.05, 4.69) is 4.98 Å². The maximum absolute atomic E-state index is 12.7. The Labute approximate surface area is 137 Å². The summed E-state index contributed by atoms with van der Waals surface area (Å²) < 4.78 is 38.0. The van der Waals surface area contributed by atoms with Gasteiger partial charge in [0.15, 0.2) is 11.8 Å². The van der Waals surface area contributed by atoms with Gasteiger partial charge in [0.05, 0.1) is 16.9 Å². The highest BCUT2D eigenvalue weighted by molar-refractivity contribution is 6.31. The van der Waals surface area contributed by atoms with Crippen LogP contribution in [0.2, 0.25) is 5.02 Å². The van der Waals surface area contributed by atoms with Crippen molar-refractivity contribution in [1.82, 2.24) is 4.98 Å². The van der Waals surface area contributed by atoms with Gasteiger partial charge in [-0.2, -0.15) is 18.4 Å². The van der Waals surface area contributed by atoms with E-state index in [0.717, 1.165) is 0 Å². The molecule has 4 nitrogen and oxygen atoms in total. The van der Waals surface area contributed by atoms with Crippen LogP contribution < -0.4 is 4.90 Å². The molecule has 1 aliphatic heterocycles. The average molecular weight is 348 g/mol. The number of halogens is 4. The van der Waals surface area contributed by atoms with Crippen molar-refractivity contribution in [2.75, 3.05) is 11.4 Å². The number of aliphatic hydroxyl groups excluding tert-OH is 1. The molecule has 1 fully saturated rings. The number of pyridine rings is 1. The van der Waals surface area contributed by atoms with Crippen molar-refractivity contribution >= 4 is 17.3 Å². The van der Waals surface area contributed by atoms with E-state index in [4.69, 9.17) is 16.9 Å². The molecule has 0 bridgehead atoms. The molecule has 1 saturated heterocycles. The summed E-state index contributed by atoms with van der Waals surface area (Å²) in [5.74, 6) is 0.135. The summed E-state index contributed by atoms with van der Waals surface area (Å²) in [7, 11) is 0. The van der Waals surface area contributed by atoms with Crippen molar-refractivity contribution in [2.45, 2.75) is 38.6 Å². The summed E-state index contributed by atoms with van der Waals surface area (Å²) in [6.45, 7) is 4.37. The Morgan fingerprint density at radius 3 is 2.70 bits per heavy atom. The number of hydrogen-bond acceptors (Lipinski definition) is 4. The van der Waals surface area contributed by atoms with Crippen molar-refractivity contribution in [3.63, 3.8) is 0 Å². The van der Waals surface area contributed by atoms with Gasteiger partial charge in [-0.1, -0.05) is 25.4 Å². The van der Waals surface area contributed by atoms with Crippen molar-refractivity contribution in [3.8, 4) is 6.07 Å². The number of rotatable bonds is 3. The fourth-order valence-electron chi connectivity index (χ4n) is 2.94. The van der Waals surface area contributed by atoms with Gasteiger partial charge in [-0.15, -0.1) is 0 Å². The van der Waals surface area contributed by atoms with Crippen LogP contribution in [0.25, 0.3) is 0 Å². The molecule has 1 N–H and O–H groups in total. The van der Waals surface area contributed by atoms with Gasteiger partial charge in [0.2, 0.25) is 0 Å². The summed E-state index contributed by atoms with van der Waals surface area (Å²) >= 11 is 5.97. The van der Waals surface area contributed by atoms with E-state index >= 15 is 0 Å². The molecule has 0 amide bonds. The Balaban J connectivity index is 2.28. The van der Waals surface area contributed by atoms with Crippen LogP contribution in [0, 0.1) is 23.2 Å². The first-order valence-electron chi connectivity index (χ1n) is 7.22. The maximum Gasteiger partial charge on any atom is 0.414 e. The number of anilines is 1. The van der Waals surface area contributed by atoms with E-state index in [1.807, 2.05) is 19.9 Å². The lowest BCUT2D eigenvalue weighted by Crippen LogP contribution is -2.40. The monoisotopic (exact) mass is 347 g/mol. The first-order valence-corrected chi connectivity index (χ1v) is 7.60. The van der Waals surface area contributed by atoms with Crippen molar-refractivity contribution in [3.05, 3.63) is 23.0 Å². The van der Waals surface area contributed by atoms with Crippen LogP contribution in [0.4, 0.5) is 18.9 Å². The minimum Gasteiger partial charge on any atom is -0.384 e. The van der Waals surface area contributed by atoms with Gasteiger partial charge in [0, 0.05) is 19.0 Å². The first kappa shape index (κ1) is 17.8. The molecule has 2 rings (SSSR count). The van der Waals surface area contributed by atoms with Crippen LogP contribution in [-0.2, 0) is 0 Å². The van der Waals surface area contributed by atoms with Crippen LogP contribution >= 0.6 is 11.6 Å². The lowest BCUT2D eigenvalue weighted by atomic mass is 9.90. The summed E-state index contributed by atoms with van der Waals surface area (Å²) in [6, 6.07) is 2.90. The van der Waals surface area contributed by atoms with Crippen molar-refractivity contribution in [2.24, 2.45) is 11.8 Å². The summed E-state index contributed by atoms with van der Waals surface area (Å²) in [5.41, 5.74) is 0.632. The summed E-state index contributed by atoms with van der Waals surface area (Å²) in [6.07, 6.45) is -5.99. The third-order valence-corrected chi connectivity index (χ3v) is 4.78. The van der Waals surface area contributed by atoms with Crippen molar-refractivity contribution < 1.29 is 18.3 Å². The second kappa shape index (κ2) is 6.54. The van der Waals surface area contributed by atoms with E-state index in [9.17, 15) is 18.3 Å². The van der Waals surface area contributed by atoms with E-state index in [0.29, 0.717) is 12.2 Å². The van der Waals surface area contributed by atoms with Gasteiger partial charge < -0.3 is 10.0 Å². The van der Waals surface area contributed by atoms with E-state index < -0.39 is 24.7 Å². The predicted octanol–water partition coefficient (Wildman–Crippen LogP) is 3.38. The highest BCUT2D eigenvalue weighted by atomic mass is 35.5. The molecule has 1 aliphatic rings. The number of nitriles is 1. The molecule has 1 unspecified atom stereocenters. The summed E-state index contributed by atoms with van der Waals surface area (Å²) in [4.78, 5) is 5.72. The lowest BCUT2D eigenvalue weighted by Gasteiger charge is -2.31. The fourth-order valence-corrected chi connectivity index (χ4v) is 3.15. The van der Waals surface area contributed by atoms with Crippen molar-refractivity contribution in [1.29, 1.82) is 5.26 Å². The second-order valence-electron chi connectivity index (χ2n) is 5.98. The Morgan fingerprint density at radius 1 is 1.52 bits per heavy atom. The molecule has 23 heavy (non-hydrogen) atoms. The fraction of sp³-hybridized carbons (Fsp3) is 0.600. The Hall–Kier alpha value is -1.52. The molecule has 1 aromatic heterocycles. The number of alkyl halides is 3. The lowest BCUT2D eigenvalue weighted by molar-refractivity contribution is -0.206. The SMILES string of the molecule is C[C@H]1[C@@H](C)CN(c2cnc(C#N)c(Cl)c2)[C@H]1CC(O)C(F)(F)F. The molecule has 126 valence electrons. The number of nitrogens with zero attached hydrogens (tertiary/aromatic N) is 3. The Kier molecular flexibility index (Phi) is 5.07. The molecule has 0 spiro atoms. The topological polar surface area (TPSA) is 60.2 Å². The number of aromatic nitrogens is 1. The quantitative estimate of drug-likeness (QED) is 0.910. The second-order valence-corrected chi connectivity index (χ2v) is 6.39. The molecule has 4 atom stereocenters. The maximum atomic E-state index is 12.7. The molecule has 2 heterocycles. The van der Waals surface area contributed by atoms with Crippen LogP contribution in [0.15, 0.2) is 12.3 Å². The zero-order valence-electron chi connectivity index (χ0n) is 12.7. The first-order chi connectivity index (χ1) is 10.6. The van der Waals surface area contributed by atoms with Gasteiger partial charge in [-0.05, 0) is 17.9 Å². The van der Waals surface area contributed by atoms with E-state index in [-0.39, 0.29) is 22.6 Å². The predicted molar refractivity (Wildman–Crippen MR) is 80.1 cm³/mol. The molecule has 0 aliphatic carbocycles. The largest absolute Gasteiger partial charge is 0.414 e. The highest BCUT2D eigenvalue weighted by Crippen LogP contribution is 2.38. The Bertz CT molecular complexity index is 617. The number of aliphatic hydroxyl groups is 1. The standard InChI is InChI=1S/C15H17ClF3N3O/c1-8-7-22(10-3-11(16)12(5-20)21-6-10)13(9(8)2)4-14(23)15(17,18)19/h3,6,8-9,13-14,23H,4,7H2,1-2H3/t8-,9-,13-,14?/m0/s1. The third kappa shape index (κ3) is 3.70. The zero-order chi connectivity index (χ0) is 17.4. The number of hydrogen-bond donors (Lipinski definition) is 1. The molecule has 0 saturated carbocycles. The van der Waals surface area contributed by atoms with Crippen LogP contribution in [-0.4, -0.2) is 35.0 Å². The normalized spacial score (nSPS) is 26.2. The van der Waals surface area contributed by atoms with Gasteiger partial charge in [0.1, 0.15) is 6.07 Å². The minimum absolute atomic E-state index is 0.0265. The van der Waals surface area contributed by atoms with Gasteiger partial charge in [-0.25, -0.2) is 4.98 Å². The molecule has 0 aromatic carbocycles. The highest BCUT2D eigenvalue weighted by Gasteiger charge is 2.45. The summed E-state index contributed by atoms with van der Waals surface area (Å²) in [5, 5.41) is 18.4. The molecule has 0 radical (unpaired) electrons. The van der Waals surface area contributed by atoms with E-state index in [1.54, 1.807) is 4.90 Å². The molecule has 8 heteroatoms. The van der Waals surface area contributed by atoms with Crippen LogP contribution in [0.1, 0.15) is 26.0 Å². The molecular weight excluding hydrogens is 331 g/mol. The third-order valence-electron chi connectivity index (χ3n) is 4.50. The van der Waals surface area contributed by atoms with Crippen LogP contribution in [0.5, 0.6) is 0 Å². The zero-order valence-corrected chi connectivity index (χ0v) is 13.4.